The van der Waals surface area contributed by atoms with Crippen molar-refractivity contribution in [1.82, 2.24) is 0 Å². The van der Waals surface area contributed by atoms with Gasteiger partial charge in [0.2, 0.25) is 0 Å². The van der Waals surface area contributed by atoms with Crippen molar-refractivity contribution >= 4 is 11.9 Å². The molecule has 0 spiro atoms. The SMILES string of the molecule is CC/C=C\C/C=C\C/C=C\C/C=C\C/C=C\CCCC(=O)OC(COC(=O)CCCCCCC/C=C\CCCCCCCCC)COC1OC(COC2OC(CO)C(O)C(O)C2O)C(O)C(O)C1O. The van der Waals surface area contributed by atoms with Crippen LogP contribution in [0, 0.1) is 0 Å². The topological polar surface area (TPSA) is 231 Å². The highest BCUT2D eigenvalue weighted by Gasteiger charge is 2.47. The van der Waals surface area contributed by atoms with Crippen LogP contribution in [0.3, 0.4) is 0 Å². The first kappa shape index (κ1) is 62.1. The first-order valence-electron chi connectivity index (χ1n) is 26.0. The number of aliphatic hydroxyl groups excluding tert-OH is 7. The van der Waals surface area contributed by atoms with Crippen LogP contribution < -0.4 is 0 Å². The van der Waals surface area contributed by atoms with E-state index in [0.29, 0.717) is 19.3 Å². The van der Waals surface area contributed by atoms with E-state index in [1.54, 1.807) is 0 Å². The van der Waals surface area contributed by atoms with Gasteiger partial charge in [-0.2, -0.15) is 0 Å². The first-order chi connectivity index (χ1) is 33.5. The molecule has 2 saturated heterocycles. The normalized spacial score (nSPS) is 26.2. The summed E-state index contributed by atoms with van der Waals surface area (Å²) >= 11 is 0. The van der Waals surface area contributed by atoms with E-state index in [-0.39, 0.29) is 19.4 Å². The van der Waals surface area contributed by atoms with E-state index in [4.69, 9.17) is 28.4 Å². The molecule has 15 nitrogen and oxygen atoms in total. The Labute approximate surface area is 412 Å². The highest BCUT2D eigenvalue weighted by Crippen LogP contribution is 2.26. The van der Waals surface area contributed by atoms with Crippen molar-refractivity contribution in [3.05, 3.63) is 72.9 Å². The molecule has 15 heteroatoms. The van der Waals surface area contributed by atoms with E-state index in [9.17, 15) is 45.3 Å². The molecule has 0 aliphatic carbocycles. The molecular formula is C54H90O15. The molecule has 2 aliphatic heterocycles. The van der Waals surface area contributed by atoms with E-state index in [2.05, 4.69) is 74.6 Å². The lowest BCUT2D eigenvalue weighted by Crippen LogP contribution is -2.61. The number of allylic oxidation sites excluding steroid dienone is 12. The number of carbonyl (C=O) groups is 2. The van der Waals surface area contributed by atoms with Gasteiger partial charge in [0.1, 0.15) is 55.4 Å². The molecule has 0 aromatic heterocycles. The summed E-state index contributed by atoms with van der Waals surface area (Å²) in [7, 11) is 0. The second-order valence-electron chi connectivity index (χ2n) is 18.0. The third-order valence-electron chi connectivity index (χ3n) is 11.9. The average molecular weight is 979 g/mol. The predicted octanol–water partition coefficient (Wildman–Crippen LogP) is 7.43. The van der Waals surface area contributed by atoms with Crippen molar-refractivity contribution in [3.63, 3.8) is 0 Å². The van der Waals surface area contributed by atoms with Crippen LogP contribution in [-0.4, -0.2) is 142 Å². The van der Waals surface area contributed by atoms with Crippen LogP contribution in [0.5, 0.6) is 0 Å². The van der Waals surface area contributed by atoms with Crippen LogP contribution in [0.15, 0.2) is 72.9 Å². The van der Waals surface area contributed by atoms with Gasteiger partial charge >= 0.3 is 11.9 Å². The molecule has 69 heavy (non-hydrogen) atoms. The maximum Gasteiger partial charge on any atom is 0.306 e. The highest BCUT2D eigenvalue weighted by atomic mass is 16.7. The van der Waals surface area contributed by atoms with E-state index in [1.165, 1.54) is 44.9 Å². The molecule has 0 bridgehead atoms. The molecule has 0 aromatic carbocycles. The lowest BCUT2D eigenvalue weighted by atomic mass is 9.98. The molecule has 0 radical (unpaired) electrons. The second kappa shape index (κ2) is 40.5. The van der Waals surface area contributed by atoms with Gasteiger partial charge < -0.3 is 64.2 Å². The summed E-state index contributed by atoms with van der Waals surface area (Å²) in [6, 6.07) is 0. The summed E-state index contributed by atoms with van der Waals surface area (Å²) in [6.45, 7) is 2.39. The van der Waals surface area contributed by atoms with Crippen molar-refractivity contribution in [2.45, 2.75) is 229 Å². The Morgan fingerprint density at radius 3 is 1.49 bits per heavy atom. The summed E-state index contributed by atoms with van der Waals surface area (Å²) in [4.78, 5) is 25.8. The minimum Gasteiger partial charge on any atom is -0.462 e. The van der Waals surface area contributed by atoms with Gasteiger partial charge in [-0.05, 0) is 77.0 Å². The van der Waals surface area contributed by atoms with Gasteiger partial charge in [-0.15, -0.1) is 0 Å². The Kier molecular flexibility index (Phi) is 36.4. The molecule has 2 heterocycles. The molecule has 0 saturated carbocycles. The van der Waals surface area contributed by atoms with Crippen LogP contribution in [0.2, 0.25) is 0 Å². The number of carbonyl (C=O) groups excluding carboxylic acids is 2. The number of hydrogen-bond acceptors (Lipinski definition) is 15. The summed E-state index contributed by atoms with van der Waals surface area (Å²) in [6.07, 6.45) is 30.8. The molecule has 2 rings (SSSR count). The van der Waals surface area contributed by atoms with Crippen molar-refractivity contribution in [2.24, 2.45) is 0 Å². The lowest BCUT2D eigenvalue weighted by Gasteiger charge is -2.42. The fraction of sp³-hybridized carbons (Fsp3) is 0.741. The van der Waals surface area contributed by atoms with Crippen molar-refractivity contribution in [3.8, 4) is 0 Å². The molecule has 2 fully saturated rings. The van der Waals surface area contributed by atoms with Crippen molar-refractivity contribution < 1.29 is 73.8 Å². The number of ether oxygens (including phenoxy) is 6. The molecule has 11 unspecified atom stereocenters. The zero-order valence-electron chi connectivity index (χ0n) is 41.8. The molecular weight excluding hydrogens is 889 g/mol. The zero-order chi connectivity index (χ0) is 50.3. The smallest absolute Gasteiger partial charge is 0.306 e. The van der Waals surface area contributed by atoms with Gasteiger partial charge in [-0.1, -0.05) is 145 Å². The molecule has 0 amide bonds. The summed E-state index contributed by atoms with van der Waals surface area (Å²) < 4.78 is 33.5. The monoisotopic (exact) mass is 979 g/mol. The maximum absolute atomic E-state index is 13.0. The number of esters is 2. The van der Waals surface area contributed by atoms with E-state index in [1.807, 2.05) is 12.2 Å². The second-order valence-corrected chi connectivity index (χ2v) is 18.0. The summed E-state index contributed by atoms with van der Waals surface area (Å²) in [5.41, 5.74) is 0. The molecule has 2 aliphatic rings. The fourth-order valence-corrected chi connectivity index (χ4v) is 7.66. The van der Waals surface area contributed by atoms with Crippen molar-refractivity contribution in [1.29, 1.82) is 0 Å². The van der Waals surface area contributed by atoms with Gasteiger partial charge in [0.25, 0.3) is 0 Å². The van der Waals surface area contributed by atoms with Crippen LogP contribution in [-0.2, 0) is 38.0 Å². The Balaban J connectivity index is 1.84. The third-order valence-corrected chi connectivity index (χ3v) is 11.9. The number of aliphatic hydroxyl groups is 7. The zero-order valence-corrected chi connectivity index (χ0v) is 41.8. The molecule has 11 atom stereocenters. The van der Waals surface area contributed by atoms with Crippen LogP contribution in [0.1, 0.15) is 162 Å². The number of hydrogen-bond donors (Lipinski definition) is 7. The minimum atomic E-state index is -1.78. The maximum atomic E-state index is 13.0. The van der Waals surface area contributed by atoms with Gasteiger partial charge in [0.05, 0.1) is 19.8 Å². The number of rotatable bonds is 39. The standard InChI is InChI=1S/C54H90O15/c1-3-5-7-9-11-13-15-17-19-21-23-25-27-29-31-33-35-37-46(57)67-42(39-64-45(56)36-34-32-30-28-26-24-22-20-18-16-14-12-10-8-6-4-2)40-65-53-52(63)50(61)48(59)44(69-53)41-66-54-51(62)49(60)47(58)43(38-55)68-54/h5,7,11,13,17,19-20,22-23,25,29,31,42-44,47-55,58-63H,3-4,6,8-10,12,14-16,18,21,24,26-28,30,32-41H2,1-2H3/b7-5-,13-11-,19-17-,22-20-,25-23-,31-29-. The lowest BCUT2D eigenvalue weighted by molar-refractivity contribution is -0.332. The quantitative estimate of drug-likeness (QED) is 0.0180. The van der Waals surface area contributed by atoms with Crippen LogP contribution in [0.25, 0.3) is 0 Å². The summed E-state index contributed by atoms with van der Waals surface area (Å²) in [5, 5.41) is 72.1. The summed E-state index contributed by atoms with van der Waals surface area (Å²) in [5.74, 6) is -1.01. The molecule has 7 N–H and O–H groups in total. The average Bonchev–Trinajstić information content (AvgIpc) is 3.34. The van der Waals surface area contributed by atoms with E-state index in [0.717, 1.165) is 70.6 Å². The number of unbranched alkanes of at least 4 members (excludes halogenated alkanes) is 13. The van der Waals surface area contributed by atoms with Gasteiger partial charge in [0, 0.05) is 12.8 Å². The Bertz CT molecular complexity index is 1480. The molecule has 396 valence electrons. The van der Waals surface area contributed by atoms with Gasteiger partial charge in [0.15, 0.2) is 18.7 Å². The Morgan fingerprint density at radius 2 is 0.928 bits per heavy atom. The minimum absolute atomic E-state index is 0.0819. The third kappa shape index (κ3) is 28.5. The largest absolute Gasteiger partial charge is 0.462 e. The Morgan fingerprint density at radius 1 is 0.478 bits per heavy atom. The fourth-order valence-electron chi connectivity index (χ4n) is 7.66. The van der Waals surface area contributed by atoms with Crippen molar-refractivity contribution in [2.75, 3.05) is 26.4 Å². The highest BCUT2D eigenvalue weighted by molar-refractivity contribution is 5.70. The van der Waals surface area contributed by atoms with E-state index < -0.39 is 99.3 Å². The van der Waals surface area contributed by atoms with Crippen LogP contribution >= 0.6 is 0 Å². The van der Waals surface area contributed by atoms with Gasteiger partial charge in [-0.25, -0.2) is 0 Å². The first-order valence-corrected chi connectivity index (χ1v) is 26.0. The van der Waals surface area contributed by atoms with Crippen LogP contribution in [0.4, 0.5) is 0 Å². The predicted molar refractivity (Wildman–Crippen MR) is 266 cm³/mol. The Hall–Kier alpha value is -3.06. The van der Waals surface area contributed by atoms with E-state index >= 15 is 0 Å². The van der Waals surface area contributed by atoms with Gasteiger partial charge in [-0.3, -0.25) is 9.59 Å². The molecule has 0 aromatic rings.